The number of benzene rings is 8. The number of rotatable bonds is 6. The summed E-state index contributed by atoms with van der Waals surface area (Å²) >= 11 is 1.79. The van der Waals surface area contributed by atoms with Gasteiger partial charge >= 0.3 is 0 Å². The van der Waals surface area contributed by atoms with Gasteiger partial charge in [0, 0.05) is 36.9 Å². The second-order valence-electron chi connectivity index (χ2n) is 13.1. The minimum absolute atomic E-state index is 0.646. The Morgan fingerprint density at radius 1 is 0.264 bits per heavy atom. The maximum atomic E-state index is 5.27. The zero-order chi connectivity index (χ0) is 35.1. The molecule has 0 aliphatic heterocycles. The summed E-state index contributed by atoms with van der Waals surface area (Å²) in [5.41, 5.74) is 9.94. The van der Waals surface area contributed by atoms with E-state index in [0.717, 1.165) is 27.8 Å². The molecule has 0 fully saturated rings. The minimum atomic E-state index is 0.646. The molecule has 10 rings (SSSR count). The Balaban J connectivity index is 1.14. The highest BCUT2D eigenvalue weighted by atomic mass is 32.1. The maximum absolute atomic E-state index is 5.27. The molecule has 0 saturated heterocycles. The number of thiophene rings is 1. The van der Waals surface area contributed by atoms with Gasteiger partial charge in [0.15, 0.2) is 17.5 Å². The highest BCUT2D eigenvalue weighted by Crippen LogP contribution is 2.42. The molecule has 2 heterocycles. The Labute approximate surface area is 311 Å². The molecule has 0 N–H and O–H groups in total. The largest absolute Gasteiger partial charge is 0.208 e. The van der Waals surface area contributed by atoms with E-state index in [-0.39, 0.29) is 0 Å². The van der Waals surface area contributed by atoms with E-state index >= 15 is 0 Å². The first kappa shape index (κ1) is 31.0. The molecule has 0 atom stereocenters. The predicted octanol–water partition coefficient (Wildman–Crippen LogP) is 13.4. The fourth-order valence-electron chi connectivity index (χ4n) is 7.43. The fourth-order valence-corrected chi connectivity index (χ4v) is 8.64. The van der Waals surface area contributed by atoms with Gasteiger partial charge in [-0.3, -0.25) is 0 Å². The molecule has 0 aliphatic carbocycles. The van der Waals surface area contributed by atoms with Gasteiger partial charge in [-0.05, 0) is 56.3 Å². The molecular formula is C49H31N3S. The Bertz CT molecular complexity index is 2930. The summed E-state index contributed by atoms with van der Waals surface area (Å²) < 4.78 is 2.43. The second kappa shape index (κ2) is 13.1. The topological polar surface area (TPSA) is 38.7 Å². The van der Waals surface area contributed by atoms with Crippen molar-refractivity contribution in [1.82, 2.24) is 15.0 Å². The minimum Gasteiger partial charge on any atom is -0.208 e. The monoisotopic (exact) mass is 693 g/mol. The Morgan fingerprint density at radius 2 is 0.755 bits per heavy atom. The normalized spacial score (nSPS) is 11.4. The zero-order valence-corrected chi connectivity index (χ0v) is 29.5. The van der Waals surface area contributed by atoms with Gasteiger partial charge in [0.25, 0.3) is 0 Å². The Morgan fingerprint density at radius 3 is 1.51 bits per heavy atom. The lowest BCUT2D eigenvalue weighted by Crippen LogP contribution is -2.01. The molecule has 8 aromatic carbocycles. The number of hydrogen-bond donors (Lipinski definition) is 0. The first-order valence-electron chi connectivity index (χ1n) is 17.8. The van der Waals surface area contributed by atoms with E-state index in [1.807, 2.05) is 18.2 Å². The van der Waals surface area contributed by atoms with E-state index in [0.29, 0.717) is 17.5 Å². The van der Waals surface area contributed by atoms with Crippen molar-refractivity contribution >= 4 is 42.3 Å². The molecule has 4 heteroatoms. The van der Waals surface area contributed by atoms with Gasteiger partial charge in [-0.15, -0.1) is 11.3 Å². The van der Waals surface area contributed by atoms with Crippen molar-refractivity contribution < 1.29 is 0 Å². The van der Waals surface area contributed by atoms with E-state index in [9.17, 15) is 0 Å². The third-order valence-corrected chi connectivity index (χ3v) is 11.2. The lowest BCUT2D eigenvalue weighted by atomic mass is 9.89. The first-order chi connectivity index (χ1) is 26.3. The molecule has 0 radical (unpaired) electrons. The van der Waals surface area contributed by atoms with E-state index in [2.05, 4.69) is 170 Å². The van der Waals surface area contributed by atoms with E-state index in [1.54, 1.807) is 11.3 Å². The third-order valence-electron chi connectivity index (χ3n) is 10.00. The van der Waals surface area contributed by atoms with Crippen molar-refractivity contribution in [2.45, 2.75) is 0 Å². The van der Waals surface area contributed by atoms with Crippen LogP contribution in [-0.4, -0.2) is 15.0 Å². The van der Waals surface area contributed by atoms with Gasteiger partial charge in [0.1, 0.15) is 0 Å². The highest BCUT2D eigenvalue weighted by molar-refractivity contribution is 7.26. The summed E-state index contributed by atoms with van der Waals surface area (Å²) in [4.78, 5) is 15.6. The summed E-state index contributed by atoms with van der Waals surface area (Å²) in [5, 5.41) is 4.84. The maximum Gasteiger partial charge on any atom is 0.165 e. The first-order valence-corrected chi connectivity index (χ1v) is 18.6. The summed E-state index contributed by atoms with van der Waals surface area (Å²) in [7, 11) is 0. The van der Waals surface area contributed by atoms with Crippen molar-refractivity contribution in [1.29, 1.82) is 0 Å². The van der Waals surface area contributed by atoms with Gasteiger partial charge in [-0.2, -0.15) is 0 Å². The zero-order valence-electron chi connectivity index (χ0n) is 28.6. The standard InChI is InChI=1S/C49H31N3S/c1-3-14-32(15-4-1)33-26-28-34(29-27-33)36-30-31-40(38-19-8-7-18-37(36)38)39-20-9-10-22-43(39)48-50-47(35-16-5-2-6-17-35)51-49(52-48)44-24-13-23-42-41-21-11-12-25-45(41)53-46(42)44/h1-31H. The Hall–Kier alpha value is -6.75. The molecule has 0 aliphatic rings. The van der Waals surface area contributed by atoms with Crippen LogP contribution in [-0.2, 0) is 0 Å². The van der Waals surface area contributed by atoms with Crippen LogP contribution in [0.2, 0.25) is 0 Å². The van der Waals surface area contributed by atoms with Crippen molar-refractivity contribution in [3.8, 4) is 67.5 Å². The average molecular weight is 694 g/mol. The smallest absolute Gasteiger partial charge is 0.165 e. The molecule has 0 bridgehead atoms. The molecule has 3 nitrogen and oxygen atoms in total. The van der Waals surface area contributed by atoms with Crippen molar-refractivity contribution in [2.75, 3.05) is 0 Å². The third kappa shape index (κ3) is 5.57. The van der Waals surface area contributed by atoms with Crippen LogP contribution >= 0.6 is 11.3 Å². The Kier molecular flexibility index (Phi) is 7.67. The molecule has 0 saturated carbocycles. The van der Waals surface area contributed by atoms with Gasteiger partial charge in [0.05, 0.1) is 0 Å². The van der Waals surface area contributed by atoms with Crippen LogP contribution in [0.3, 0.4) is 0 Å². The molecule has 10 aromatic rings. The fraction of sp³-hybridized carbons (Fsp3) is 0. The van der Waals surface area contributed by atoms with Gasteiger partial charge in [0.2, 0.25) is 0 Å². The van der Waals surface area contributed by atoms with E-state index in [4.69, 9.17) is 15.0 Å². The summed E-state index contributed by atoms with van der Waals surface area (Å²) in [6.45, 7) is 0. The van der Waals surface area contributed by atoms with Crippen LogP contribution in [0.4, 0.5) is 0 Å². The summed E-state index contributed by atoms with van der Waals surface area (Å²) in [6.07, 6.45) is 0. The van der Waals surface area contributed by atoms with Gasteiger partial charge in [-0.25, -0.2) is 15.0 Å². The average Bonchev–Trinajstić information content (AvgIpc) is 3.63. The summed E-state index contributed by atoms with van der Waals surface area (Å²) in [5.74, 6) is 1.96. The number of aromatic nitrogens is 3. The molecule has 0 unspecified atom stereocenters. The summed E-state index contributed by atoms with van der Waals surface area (Å²) in [6, 6.07) is 66.3. The second-order valence-corrected chi connectivity index (χ2v) is 14.2. The molecule has 0 amide bonds. The van der Waals surface area contributed by atoms with Crippen LogP contribution in [0.25, 0.3) is 98.5 Å². The van der Waals surface area contributed by atoms with Crippen LogP contribution < -0.4 is 0 Å². The predicted molar refractivity (Wildman–Crippen MR) is 223 cm³/mol. The van der Waals surface area contributed by atoms with Crippen molar-refractivity contribution in [3.63, 3.8) is 0 Å². The highest BCUT2D eigenvalue weighted by Gasteiger charge is 2.19. The van der Waals surface area contributed by atoms with Crippen molar-refractivity contribution in [2.24, 2.45) is 0 Å². The van der Waals surface area contributed by atoms with Crippen LogP contribution in [0.5, 0.6) is 0 Å². The number of hydrogen-bond acceptors (Lipinski definition) is 4. The lowest BCUT2D eigenvalue weighted by molar-refractivity contribution is 1.08. The van der Waals surface area contributed by atoms with E-state index < -0.39 is 0 Å². The van der Waals surface area contributed by atoms with Crippen LogP contribution in [0, 0.1) is 0 Å². The lowest BCUT2D eigenvalue weighted by Gasteiger charge is -2.16. The van der Waals surface area contributed by atoms with Crippen molar-refractivity contribution in [3.05, 3.63) is 188 Å². The molecule has 248 valence electrons. The van der Waals surface area contributed by atoms with E-state index in [1.165, 1.54) is 53.2 Å². The number of fused-ring (bicyclic) bond motifs is 4. The van der Waals surface area contributed by atoms with Crippen LogP contribution in [0.1, 0.15) is 0 Å². The quantitative estimate of drug-likeness (QED) is 0.174. The molecule has 2 aromatic heterocycles. The molecular weight excluding hydrogens is 663 g/mol. The number of nitrogens with zero attached hydrogens (tertiary/aromatic N) is 3. The van der Waals surface area contributed by atoms with Gasteiger partial charge < -0.3 is 0 Å². The molecule has 0 spiro atoms. The SMILES string of the molecule is c1ccc(-c2ccc(-c3ccc(-c4ccccc4-c4nc(-c5ccccc5)nc(-c5cccc6c5sc5ccccc56)n4)c4ccccc34)cc2)cc1. The van der Waals surface area contributed by atoms with Crippen LogP contribution in [0.15, 0.2) is 188 Å². The molecule has 53 heavy (non-hydrogen) atoms. The van der Waals surface area contributed by atoms with Gasteiger partial charge in [-0.1, -0.05) is 176 Å².